The lowest BCUT2D eigenvalue weighted by Crippen LogP contribution is -2.09. The molecule has 0 heterocycles. The molecule has 1 aromatic rings. The van der Waals surface area contributed by atoms with Gasteiger partial charge < -0.3 is 10.5 Å². The summed E-state index contributed by atoms with van der Waals surface area (Å²) < 4.78 is 53.4. The van der Waals surface area contributed by atoms with Crippen LogP contribution in [0.1, 0.15) is 29.3 Å². The zero-order valence-electron chi connectivity index (χ0n) is 8.72. The van der Waals surface area contributed by atoms with Gasteiger partial charge in [0.2, 0.25) is 0 Å². The molecule has 3 nitrogen and oxygen atoms in total. The molecular formula is C10H9F4NO2. The second kappa shape index (κ2) is 5.03. The van der Waals surface area contributed by atoms with E-state index in [0.29, 0.717) is 0 Å². The Morgan fingerprint density at radius 1 is 1.29 bits per heavy atom. The van der Waals surface area contributed by atoms with Gasteiger partial charge in [-0.15, -0.1) is 0 Å². The summed E-state index contributed by atoms with van der Waals surface area (Å²) in [6, 6.07) is 1.84. The lowest BCUT2D eigenvalue weighted by Gasteiger charge is -2.14. The number of hydrogen-bond acceptors (Lipinski definition) is 3. The summed E-state index contributed by atoms with van der Waals surface area (Å²) in [6.07, 6.45) is -3.11. The molecule has 7 heteroatoms. The highest BCUT2D eigenvalue weighted by atomic mass is 19.3. The van der Waals surface area contributed by atoms with Crippen LogP contribution in [0, 0.1) is 0 Å². The van der Waals surface area contributed by atoms with Gasteiger partial charge in [0.05, 0.1) is 5.56 Å². The molecule has 0 atom stereocenters. The third-order valence-corrected chi connectivity index (χ3v) is 1.98. The van der Waals surface area contributed by atoms with Crippen LogP contribution in [0.2, 0.25) is 0 Å². The van der Waals surface area contributed by atoms with Gasteiger partial charge in [-0.3, -0.25) is 4.79 Å². The molecule has 0 aromatic heterocycles. The van der Waals surface area contributed by atoms with Crippen LogP contribution in [0.5, 0.6) is 5.75 Å². The van der Waals surface area contributed by atoms with Crippen LogP contribution in [0.4, 0.5) is 23.2 Å². The standard InChI is InChI=1S/C10H9F4NO2/c1-4(16)6-2-5(15)3-7(17-10(13)14)8(6)9(11)12/h2-3,9-10H,15H2,1H3. The van der Waals surface area contributed by atoms with Crippen molar-refractivity contribution in [1.82, 2.24) is 0 Å². The minimum Gasteiger partial charge on any atom is -0.434 e. The van der Waals surface area contributed by atoms with Gasteiger partial charge >= 0.3 is 6.61 Å². The summed E-state index contributed by atoms with van der Waals surface area (Å²) in [5.41, 5.74) is 3.93. The summed E-state index contributed by atoms with van der Waals surface area (Å²) in [5, 5.41) is 0. The fourth-order valence-corrected chi connectivity index (χ4v) is 1.36. The first-order valence-electron chi connectivity index (χ1n) is 4.50. The number of carbonyl (C=O) groups excluding carboxylic acids is 1. The first-order valence-corrected chi connectivity index (χ1v) is 4.50. The quantitative estimate of drug-likeness (QED) is 0.508. The van der Waals surface area contributed by atoms with Gasteiger partial charge in [0.15, 0.2) is 5.78 Å². The first-order chi connectivity index (χ1) is 7.82. The third kappa shape index (κ3) is 3.08. The number of ketones is 1. The number of hydrogen-bond donors (Lipinski definition) is 1. The number of anilines is 1. The first kappa shape index (κ1) is 13.3. The van der Waals surface area contributed by atoms with Crippen molar-refractivity contribution in [2.24, 2.45) is 0 Å². The van der Waals surface area contributed by atoms with Crippen molar-refractivity contribution < 1.29 is 27.1 Å². The maximum Gasteiger partial charge on any atom is 0.387 e. The minimum absolute atomic E-state index is 0.102. The molecule has 0 bridgehead atoms. The molecule has 0 radical (unpaired) electrons. The lowest BCUT2D eigenvalue weighted by molar-refractivity contribution is -0.0519. The molecule has 0 spiro atoms. The Morgan fingerprint density at radius 3 is 2.29 bits per heavy atom. The summed E-state index contributed by atoms with van der Waals surface area (Å²) in [4.78, 5) is 11.1. The van der Waals surface area contributed by atoms with Crippen molar-refractivity contribution in [3.8, 4) is 5.75 Å². The fraction of sp³-hybridized carbons (Fsp3) is 0.300. The molecule has 0 aliphatic heterocycles. The average molecular weight is 251 g/mol. The van der Waals surface area contributed by atoms with E-state index in [0.717, 1.165) is 19.1 Å². The lowest BCUT2D eigenvalue weighted by atomic mass is 10.0. The van der Waals surface area contributed by atoms with E-state index in [4.69, 9.17) is 5.73 Å². The number of alkyl halides is 4. The minimum atomic E-state index is -3.27. The number of nitrogens with two attached hydrogens (primary N) is 1. The van der Waals surface area contributed by atoms with Crippen LogP contribution < -0.4 is 10.5 Å². The smallest absolute Gasteiger partial charge is 0.387 e. The van der Waals surface area contributed by atoms with Crippen LogP contribution in [0.15, 0.2) is 12.1 Å². The Balaban J connectivity index is 3.40. The maximum absolute atomic E-state index is 12.7. The number of carbonyl (C=O) groups is 1. The second-order valence-electron chi connectivity index (χ2n) is 3.22. The molecule has 0 aliphatic carbocycles. The zero-order chi connectivity index (χ0) is 13.2. The van der Waals surface area contributed by atoms with E-state index < -0.39 is 35.7 Å². The number of nitrogen functional groups attached to an aromatic ring is 1. The number of halogens is 4. The predicted molar refractivity (Wildman–Crippen MR) is 52.4 cm³/mol. The van der Waals surface area contributed by atoms with Crippen molar-refractivity contribution in [3.63, 3.8) is 0 Å². The SMILES string of the molecule is CC(=O)c1cc(N)cc(OC(F)F)c1C(F)F. The molecule has 0 saturated carbocycles. The number of Topliss-reactive ketones (excluding diaryl/α,β-unsaturated/α-hetero) is 1. The molecule has 0 saturated heterocycles. The molecule has 17 heavy (non-hydrogen) atoms. The molecule has 0 unspecified atom stereocenters. The maximum atomic E-state index is 12.7. The molecule has 2 N–H and O–H groups in total. The average Bonchev–Trinajstić information content (AvgIpc) is 2.14. The molecule has 94 valence electrons. The number of benzene rings is 1. The molecule has 1 aromatic carbocycles. The van der Waals surface area contributed by atoms with Crippen molar-refractivity contribution in [3.05, 3.63) is 23.3 Å². The summed E-state index contributed by atoms with van der Waals surface area (Å²) >= 11 is 0. The number of ether oxygens (including phenoxy) is 1. The Bertz CT molecular complexity index is 435. The molecule has 0 amide bonds. The topological polar surface area (TPSA) is 52.3 Å². The van der Waals surface area contributed by atoms with E-state index >= 15 is 0 Å². The van der Waals surface area contributed by atoms with Crippen molar-refractivity contribution in [2.45, 2.75) is 20.0 Å². The van der Waals surface area contributed by atoms with Gasteiger partial charge in [-0.2, -0.15) is 8.78 Å². The van der Waals surface area contributed by atoms with Crippen LogP contribution in [0.25, 0.3) is 0 Å². The number of rotatable bonds is 4. The molecular weight excluding hydrogens is 242 g/mol. The molecule has 0 aliphatic rings. The monoisotopic (exact) mass is 251 g/mol. The van der Waals surface area contributed by atoms with Crippen molar-refractivity contribution in [1.29, 1.82) is 0 Å². The zero-order valence-corrected chi connectivity index (χ0v) is 8.72. The highest BCUT2D eigenvalue weighted by Gasteiger charge is 2.24. The van der Waals surface area contributed by atoms with Crippen molar-refractivity contribution >= 4 is 11.5 Å². The van der Waals surface area contributed by atoms with Gasteiger partial charge in [-0.1, -0.05) is 0 Å². The van der Waals surface area contributed by atoms with Gasteiger partial charge in [0, 0.05) is 17.3 Å². The highest BCUT2D eigenvalue weighted by Crippen LogP contribution is 2.35. The van der Waals surface area contributed by atoms with E-state index in [-0.39, 0.29) is 5.69 Å². The summed E-state index contributed by atoms with van der Waals surface area (Å²) in [5.74, 6) is -1.48. The normalized spacial score (nSPS) is 11.0. The van der Waals surface area contributed by atoms with Crippen LogP contribution >= 0.6 is 0 Å². The molecule has 0 fully saturated rings. The Kier molecular flexibility index (Phi) is 3.93. The Hall–Kier alpha value is -1.79. The third-order valence-electron chi connectivity index (χ3n) is 1.98. The van der Waals surface area contributed by atoms with Gasteiger partial charge in [-0.05, 0) is 13.0 Å². The largest absolute Gasteiger partial charge is 0.434 e. The summed E-state index contributed by atoms with van der Waals surface area (Å²) in [6.45, 7) is -2.23. The van der Waals surface area contributed by atoms with Crippen molar-refractivity contribution in [2.75, 3.05) is 5.73 Å². The van der Waals surface area contributed by atoms with E-state index in [2.05, 4.69) is 4.74 Å². The molecule has 1 rings (SSSR count). The van der Waals surface area contributed by atoms with E-state index in [1.165, 1.54) is 0 Å². The van der Waals surface area contributed by atoms with Crippen LogP contribution in [0.3, 0.4) is 0 Å². The van der Waals surface area contributed by atoms with E-state index in [1.54, 1.807) is 0 Å². The fourth-order valence-electron chi connectivity index (χ4n) is 1.36. The van der Waals surface area contributed by atoms with Gasteiger partial charge in [0.1, 0.15) is 5.75 Å². The van der Waals surface area contributed by atoms with Crippen LogP contribution in [-0.2, 0) is 0 Å². The Labute approximate surface area is 94.2 Å². The highest BCUT2D eigenvalue weighted by molar-refractivity contribution is 5.97. The summed E-state index contributed by atoms with van der Waals surface area (Å²) in [7, 11) is 0. The second-order valence-corrected chi connectivity index (χ2v) is 3.22. The predicted octanol–water partition coefficient (Wildman–Crippen LogP) is 3.01. The Morgan fingerprint density at radius 2 is 1.88 bits per heavy atom. The van der Waals surface area contributed by atoms with E-state index in [9.17, 15) is 22.4 Å². The van der Waals surface area contributed by atoms with E-state index in [1.807, 2.05) is 0 Å². The van der Waals surface area contributed by atoms with Crippen LogP contribution in [-0.4, -0.2) is 12.4 Å². The van der Waals surface area contributed by atoms with Gasteiger partial charge in [0.25, 0.3) is 6.43 Å². The van der Waals surface area contributed by atoms with Gasteiger partial charge in [-0.25, -0.2) is 8.78 Å².